The zero-order chi connectivity index (χ0) is 35.9. The van der Waals surface area contributed by atoms with Crippen molar-refractivity contribution in [3.05, 3.63) is 69.6 Å². The number of hydrogen-bond acceptors (Lipinski definition) is 9. The minimum atomic E-state index is -1.24. The number of amides is 3. The molecule has 0 fully saturated rings. The zero-order valence-corrected chi connectivity index (χ0v) is 28.8. The number of benzene rings is 2. The molecule has 12 nitrogen and oxygen atoms in total. The number of phenols is 1. The van der Waals surface area contributed by atoms with E-state index < -0.39 is 59.2 Å². The van der Waals surface area contributed by atoms with Crippen molar-refractivity contribution in [3.63, 3.8) is 0 Å². The number of carbonyl (C=O) groups is 4. The number of phenolic OH excluding ortho intramolecular Hbond substituents is 1. The lowest BCUT2D eigenvalue weighted by Crippen LogP contribution is -2.59. The minimum Gasteiger partial charge on any atom is -0.508 e. The third kappa shape index (κ3) is 9.90. The van der Waals surface area contributed by atoms with Gasteiger partial charge in [0.15, 0.2) is 5.78 Å². The molecule has 3 aromatic rings. The van der Waals surface area contributed by atoms with Crippen LogP contribution in [0, 0.1) is 24.7 Å². The van der Waals surface area contributed by atoms with Crippen LogP contribution in [0.5, 0.6) is 5.75 Å². The predicted molar refractivity (Wildman–Crippen MR) is 185 cm³/mol. The van der Waals surface area contributed by atoms with E-state index in [2.05, 4.69) is 16.0 Å². The maximum absolute atomic E-state index is 14.1. The number of rotatable bonds is 15. The molecule has 0 aliphatic heterocycles. The fourth-order valence-corrected chi connectivity index (χ4v) is 5.56. The highest BCUT2D eigenvalue weighted by atomic mass is 16.4. The number of ketones is 1. The van der Waals surface area contributed by atoms with Gasteiger partial charge in [-0.2, -0.15) is 0 Å². The Balaban J connectivity index is 1.94. The van der Waals surface area contributed by atoms with Crippen LogP contribution in [0.2, 0.25) is 0 Å². The fraction of sp³-hybridized carbons (Fsp3) is 0.472. The number of aryl methyl sites for hydroxylation is 1. The van der Waals surface area contributed by atoms with Crippen molar-refractivity contribution in [2.45, 2.75) is 91.9 Å². The molecule has 260 valence electrons. The Morgan fingerprint density at radius 1 is 0.812 bits per heavy atom. The first-order chi connectivity index (χ1) is 22.5. The van der Waals surface area contributed by atoms with E-state index in [9.17, 15) is 29.1 Å². The number of aromatic hydroxyl groups is 1. The summed E-state index contributed by atoms with van der Waals surface area (Å²) in [5.41, 5.74) is 12.4. The standard InChI is InChI=1S/C36H49N5O7/c1-18(2)14-26(38)33(44)40-28(15-19(3)4)34(45)41-31(20(5)6)35(46)39-27(16-22-8-11-24(42)12-9-22)32(43)30-21(7)25-13-10-23(37)17-29(25)48-36(30)47/h8-13,17-20,26-28,31,42H,14-16,37-38H2,1-7H3,(H,39,46)(H,40,44)(H,41,45)/t26-,27-,28-,31-/m0/s1. The minimum absolute atomic E-state index is 0.0201. The van der Waals surface area contributed by atoms with E-state index in [-0.39, 0.29) is 35.2 Å². The number of fused-ring (bicyclic) bond motifs is 1. The van der Waals surface area contributed by atoms with Gasteiger partial charge in [-0.15, -0.1) is 0 Å². The lowest BCUT2D eigenvalue weighted by Gasteiger charge is -2.28. The van der Waals surface area contributed by atoms with Crippen molar-refractivity contribution in [2.24, 2.45) is 23.5 Å². The van der Waals surface area contributed by atoms with Crippen LogP contribution < -0.4 is 33.0 Å². The predicted octanol–water partition coefficient (Wildman–Crippen LogP) is 3.34. The summed E-state index contributed by atoms with van der Waals surface area (Å²) in [6.45, 7) is 12.8. The summed E-state index contributed by atoms with van der Waals surface area (Å²) in [5, 5.41) is 18.6. The molecule has 2 aromatic carbocycles. The Labute approximate surface area is 281 Å². The van der Waals surface area contributed by atoms with E-state index in [4.69, 9.17) is 15.9 Å². The van der Waals surface area contributed by atoms with Crippen LogP contribution in [-0.2, 0) is 20.8 Å². The summed E-state index contributed by atoms with van der Waals surface area (Å²) >= 11 is 0. The van der Waals surface area contributed by atoms with Gasteiger partial charge in [-0.05, 0) is 72.9 Å². The largest absolute Gasteiger partial charge is 0.508 e. The average molecular weight is 664 g/mol. The number of nitrogen functional groups attached to an aromatic ring is 1. The molecule has 0 saturated heterocycles. The molecule has 12 heteroatoms. The Morgan fingerprint density at radius 2 is 1.42 bits per heavy atom. The van der Waals surface area contributed by atoms with Crippen LogP contribution in [0.4, 0.5) is 5.69 Å². The van der Waals surface area contributed by atoms with Gasteiger partial charge < -0.3 is 36.9 Å². The van der Waals surface area contributed by atoms with E-state index in [1.165, 1.54) is 18.2 Å². The van der Waals surface area contributed by atoms with Crippen LogP contribution in [-0.4, -0.2) is 52.8 Å². The molecule has 0 radical (unpaired) electrons. The monoisotopic (exact) mass is 663 g/mol. The number of hydrogen-bond donors (Lipinski definition) is 6. The molecule has 0 bridgehead atoms. The Bertz CT molecular complexity index is 1680. The fourth-order valence-electron chi connectivity index (χ4n) is 5.56. The third-order valence-corrected chi connectivity index (χ3v) is 8.10. The van der Waals surface area contributed by atoms with Crippen molar-refractivity contribution in [1.82, 2.24) is 16.0 Å². The van der Waals surface area contributed by atoms with Crippen LogP contribution >= 0.6 is 0 Å². The molecule has 3 rings (SSSR count). The van der Waals surface area contributed by atoms with Crippen molar-refractivity contribution in [2.75, 3.05) is 5.73 Å². The van der Waals surface area contributed by atoms with E-state index >= 15 is 0 Å². The molecule has 0 aliphatic rings. The normalized spacial score (nSPS) is 14.1. The number of anilines is 1. The number of Topliss-reactive ketones (excluding diaryl/α,β-unsaturated/α-hetero) is 1. The molecule has 3 amide bonds. The lowest BCUT2D eigenvalue weighted by molar-refractivity contribution is -0.133. The maximum Gasteiger partial charge on any atom is 0.347 e. The summed E-state index contributed by atoms with van der Waals surface area (Å²) in [6, 6.07) is 6.80. The summed E-state index contributed by atoms with van der Waals surface area (Å²) < 4.78 is 5.46. The molecule has 0 spiro atoms. The van der Waals surface area contributed by atoms with Gasteiger partial charge in [-0.1, -0.05) is 53.7 Å². The summed E-state index contributed by atoms with van der Waals surface area (Å²) in [6.07, 6.45) is 0.726. The quantitative estimate of drug-likeness (QED) is 0.0800. The van der Waals surface area contributed by atoms with Crippen molar-refractivity contribution < 1.29 is 28.7 Å². The molecule has 8 N–H and O–H groups in total. The van der Waals surface area contributed by atoms with Gasteiger partial charge in [0.25, 0.3) is 0 Å². The summed E-state index contributed by atoms with van der Waals surface area (Å²) in [7, 11) is 0. The Hall–Kier alpha value is -4.71. The third-order valence-electron chi connectivity index (χ3n) is 8.10. The second-order valence-corrected chi connectivity index (χ2v) is 13.6. The van der Waals surface area contributed by atoms with Gasteiger partial charge in [0.2, 0.25) is 17.7 Å². The van der Waals surface area contributed by atoms with E-state index in [0.29, 0.717) is 35.0 Å². The number of nitrogens with one attached hydrogen (secondary N) is 3. The highest BCUT2D eigenvalue weighted by Crippen LogP contribution is 2.23. The molecule has 1 heterocycles. The lowest BCUT2D eigenvalue weighted by atomic mass is 9.93. The highest BCUT2D eigenvalue weighted by Gasteiger charge is 2.34. The smallest absolute Gasteiger partial charge is 0.347 e. The van der Waals surface area contributed by atoms with Crippen LogP contribution in [0.25, 0.3) is 11.0 Å². The van der Waals surface area contributed by atoms with E-state index in [1.54, 1.807) is 45.0 Å². The van der Waals surface area contributed by atoms with E-state index in [0.717, 1.165) is 0 Å². The molecule has 0 aliphatic carbocycles. The van der Waals surface area contributed by atoms with Crippen LogP contribution in [0.1, 0.15) is 75.9 Å². The first-order valence-electron chi connectivity index (χ1n) is 16.3. The molecule has 4 atom stereocenters. The molecule has 48 heavy (non-hydrogen) atoms. The highest BCUT2D eigenvalue weighted by molar-refractivity contribution is 6.06. The Morgan fingerprint density at radius 3 is 2.00 bits per heavy atom. The second-order valence-electron chi connectivity index (χ2n) is 13.6. The Kier molecular flexibility index (Phi) is 12.9. The SMILES string of the molecule is Cc1c(C(=O)[C@H](Cc2ccc(O)cc2)NC(=O)[C@@H](NC(=O)[C@H](CC(C)C)NC(=O)[C@@H](N)CC(C)C)C(C)C)c(=O)oc2cc(N)ccc12. The van der Waals surface area contributed by atoms with Crippen LogP contribution in [0.15, 0.2) is 51.7 Å². The zero-order valence-electron chi connectivity index (χ0n) is 28.8. The van der Waals surface area contributed by atoms with Gasteiger partial charge in [0.05, 0.1) is 12.1 Å². The molecule has 0 unspecified atom stereocenters. The van der Waals surface area contributed by atoms with Crippen molar-refractivity contribution >= 4 is 40.2 Å². The molecule has 1 aromatic heterocycles. The summed E-state index contributed by atoms with van der Waals surface area (Å²) in [4.78, 5) is 67.6. The average Bonchev–Trinajstić information content (AvgIpc) is 2.98. The number of nitrogens with two attached hydrogens (primary N) is 2. The van der Waals surface area contributed by atoms with Gasteiger partial charge in [-0.3, -0.25) is 19.2 Å². The van der Waals surface area contributed by atoms with Gasteiger partial charge in [-0.25, -0.2) is 4.79 Å². The van der Waals surface area contributed by atoms with Gasteiger partial charge in [0.1, 0.15) is 29.0 Å². The van der Waals surface area contributed by atoms with Crippen LogP contribution in [0.3, 0.4) is 0 Å². The first kappa shape index (κ1) is 37.7. The first-order valence-corrected chi connectivity index (χ1v) is 16.3. The summed E-state index contributed by atoms with van der Waals surface area (Å²) in [5.74, 6) is -2.54. The van der Waals surface area contributed by atoms with Crippen molar-refractivity contribution in [3.8, 4) is 5.75 Å². The molecule has 0 saturated carbocycles. The second kappa shape index (κ2) is 16.4. The topological polar surface area (TPSA) is 207 Å². The number of carbonyl (C=O) groups excluding carboxylic acids is 4. The van der Waals surface area contributed by atoms with Crippen molar-refractivity contribution in [1.29, 1.82) is 0 Å². The van der Waals surface area contributed by atoms with Gasteiger partial charge >= 0.3 is 5.63 Å². The van der Waals surface area contributed by atoms with Gasteiger partial charge in [0, 0.05) is 23.6 Å². The maximum atomic E-state index is 14.1. The van der Waals surface area contributed by atoms with E-state index in [1.807, 2.05) is 27.7 Å². The molecular weight excluding hydrogens is 614 g/mol. The molecular formula is C36H49N5O7.